The van der Waals surface area contributed by atoms with Gasteiger partial charge in [-0.3, -0.25) is 9.59 Å². The third-order valence-corrected chi connectivity index (χ3v) is 2.80. The molecule has 1 aliphatic rings. The average molecular weight is 248 g/mol. The van der Waals surface area contributed by atoms with Gasteiger partial charge in [0.25, 0.3) is 0 Å². The van der Waals surface area contributed by atoms with Crippen LogP contribution < -0.4 is 0 Å². The van der Waals surface area contributed by atoms with Gasteiger partial charge in [-0.05, 0) is 12.8 Å². The number of nitrogens with zero attached hydrogens (tertiary/aromatic N) is 1. The zero-order valence-corrected chi connectivity index (χ0v) is 9.34. The summed E-state index contributed by atoms with van der Waals surface area (Å²) in [6.45, 7) is 2.15. The minimum absolute atomic E-state index is 0.0878. The molecular formula is C9H14BrNO2. The predicted molar refractivity (Wildman–Crippen MR) is 53.8 cm³/mol. The number of amides is 1. The summed E-state index contributed by atoms with van der Waals surface area (Å²) in [5.74, 6) is 0.247. The minimum Gasteiger partial charge on any atom is -0.340 e. The lowest BCUT2D eigenvalue weighted by molar-refractivity contribution is -0.129. The van der Waals surface area contributed by atoms with Crippen LogP contribution >= 0.6 is 15.9 Å². The summed E-state index contributed by atoms with van der Waals surface area (Å²) < 4.78 is 0. The van der Waals surface area contributed by atoms with E-state index in [0.29, 0.717) is 24.3 Å². The fraction of sp³-hybridized carbons (Fsp3) is 0.778. The van der Waals surface area contributed by atoms with E-state index in [9.17, 15) is 9.59 Å². The molecule has 13 heavy (non-hydrogen) atoms. The number of hydrogen-bond acceptors (Lipinski definition) is 2. The number of hydrogen-bond donors (Lipinski definition) is 0. The molecule has 1 amide bonds. The summed E-state index contributed by atoms with van der Waals surface area (Å²) in [7, 11) is 0. The molecule has 4 heteroatoms. The highest BCUT2D eigenvalue weighted by Crippen LogP contribution is 2.26. The normalized spacial score (nSPS) is 15.5. The second kappa shape index (κ2) is 4.74. The molecule has 3 nitrogen and oxygen atoms in total. The van der Waals surface area contributed by atoms with Gasteiger partial charge in [-0.25, -0.2) is 0 Å². The summed E-state index contributed by atoms with van der Waals surface area (Å²) in [4.78, 5) is 23.9. The number of rotatable bonds is 5. The van der Waals surface area contributed by atoms with Crippen LogP contribution in [0.1, 0.15) is 26.2 Å². The first-order valence-corrected chi connectivity index (χ1v) is 5.62. The number of Topliss-reactive ketones (excluding diaryl/α,β-unsaturated/α-hetero) is 1. The van der Waals surface area contributed by atoms with Gasteiger partial charge >= 0.3 is 0 Å². The van der Waals surface area contributed by atoms with Crippen LogP contribution in [0.15, 0.2) is 0 Å². The van der Waals surface area contributed by atoms with Gasteiger partial charge in [0, 0.05) is 25.9 Å². The van der Waals surface area contributed by atoms with Gasteiger partial charge in [-0.1, -0.05) is 15.9 Å². The maximum Gasteiger partial charge on any atom is 0.219 e. The van der Waals surface area contributed by atoms with Gasteiger partial charge < -0.3 is 4.90 Å². The number of halogens is 1. The lowest BCUT2D eigenvalue weighted by Crippen LogP contribution is -2.33. The Morgan fingerprint density at radius 2 is 2.08 bits per heavy atom. The maximum atomic E-state index is 11.1. The molecule has 0 aromatic carbocycles. The van der Waals surface area contributed by atoms with Gasteiger partial charge in [0.05, 0.1) is 5.33 Å². The molecule has 1 saturated carbocycles. The van der Waals surface area contributed by atoms with E-state index in [-0.39, 0.29) is 11.7 Å². The van der Waals surface area contributed by atoms with Crippen molar-refractivity contribution in [2.24, 2.45) is 0 Å². The van der Waals surface area contributed by atoms with E-state index in [1.807, 2.05) is 0 Å². The SMILES string of the molecule is CC(=O)N(CCC(=O)CBr)C1CC1. The standard InChI is InChI=1S/C9H14BrNO2/c1-7(12)11(8-2-3-8)5-4-9(13)6-10/h8H,2-6H2,1H3. The van der Waals surface area contributed by atoms with Crippen LogP contribution in [-0.4, -0.2) is 34.5 Å². The van der Waals surface area contributed by atoms with Crippen LogP contribution in [0.5, 0.6) is 0 Å². The quantitative estimate of drug-likeness (QED) is 0.689. The maximum absolute atomic E-state index is 11.1. The smallest absolute Gasteiger partial charge is 0.219 e. The molecule has 0 aliphatic heterocycles. The fourth-order valence-electron chi connectivity index (χ4n) is 1.30. The lowest BCUT2D eigenvalue weighted by atomic mass is 10.3. The van der Waals surface area contributed by atoms with Gasteiger partial charge in [-0.2, -0.15) is 0 Å². The highest BCUT2D eigenvalue weighted by molar-refractivity contribution is 9.09. The predicted octanol–water partition coefficient (Wildman–Crippen LogP) is 1.35. The topological polar surface area (TPSA) is 37.4 Å². The van der Waals surface area contributed by atoms with Crippen LogP contribution in [0.2, 0.25) is 0 Å². The van der Waals surface area contributed by atoms with Crippen LogP contribution in [-0.2, 0) is 9.59 Å². The molecular weight excluding hydrogens is 234 g/mol. The molecule has 0 bridgehead atoms. The Kier molecular flexibility index (Phi) is 3.90. The van der Waals surface area contributed by atoms with Crippen LogP contribution in [0.4, 0.5) is 0 Å². The number of ketones is 1. The molecule has 0 unspecified atom stereocenters. The largest absolute Gasteiger partial charge is 0.340 e. The Morgan fingerprint density at radius 1 is 1.46 bits per heavy atom. The van der Waals surface area contributed by atoms with Crippen molar-refractivity contribution < 1.29 is 9.59 Å². The summed E-state index contributed by atoms with van der Waals surface area (Å²) in [6.07, 6.45) is 2.67. The summed E-state index contributed by atoms with van der Waals surface area (Å²) >= 11 is 3.10. The van der Waals surface area contributed by atoms with Crippen molar-refractivity contribution >= 4 is 27.6 Å². The van der Waals surface area contributed by atoms with Crippen LogP contribution in [0, 0.1) is 0 Å². The summed E-state index contributed by atoms with van der Waals surface area (Å²) in [6, 6.07) is 0.417. The molecule has 1 rings (SSSR count). The lowest BCUT2D eigenvalue weighted by Gasteiger charge is -2.19. The second-order valence-corrected chi connectivity index (χ2v) is 3.93. The van der Waals surface area contributed by atoms with E-state index < -0.39 is 0 Å². The van der Waals surface area contributed by atoms with Crippen molar-refractivity contribution in [1.82, 2.24) is 4.90 Å². The highest BCUT2D eigenvalue weighted by Gasteiger charge is 2.30. The van der Waals surface area contributed by atoms with Gasteiger partial charge in [-0.15, -0.1) is 0 Å². The molecule has 1 aliphatic carbocycles. The van der Waals surface area contributed by atoms with E-state index in [2.05, 4.69) is 15.9 Å². The molecule has 0 radical (unpaired) electrons. The Balaban J connectivity index is 2.30. The molecule has 1 fully saturated rings. The molecule has 0 N–H and O–H groups in total. The number of carbonyl (C=O) groups excluding carboxylic acids is 2. The third-order valence-electron chi connectivity index (χ3n) is 2.17. The molecule has 0 aromatic heterocycles. The van der Waals surface area contributed by atoms with Crippen LogP contribution in [0.25, 0.3) is 0 Å². The number of alkyl halides is 1. The second-order valence-electron chi connectivity index (χ2n) is 3.37. The van der Waals surface area contributed by atoms with Crippen molar-refractivity contribution in [3.63, 3.8) is 0 Å². The minimum atomic E-state index is 0.0878. The van der Waals surface area contributed by atoms with E-state index in [1.54, 1.807) is 11.8 Å². The first kappa shape index (κ1) is 10.7. The monoisotopic (exact) mass is 247 g/mol. The molecule has 0 spiro atoms. The Bertz CT molecular complexity index is 214. The van der Waals surface area contributed by atoms with Crippen molar-refractivity contribution in [3.8, 4) is 0 Å². The molecule has 0 atom stereocenters. The zero-order chi connectivity index (χ0) is 9.84. The molecule has 0 heterocycles. The van der Waals surface area contributed by atoms with Gasteiger partial charge in [0.2, 0.25) is 5.91 Å². The Hall–Kier alpha value is -0.380. The average Bonchev–Trinajstić information content (AvgIpc) is 2.87. The molecule has 0 aromatic rings. The van der Waals surface area contributed by atoms with Gasteiger partial charge in [0.1, 0.15) is 5.78 Å². The first-order valence-electron chi connectivity index (χ1n) is 4.50. The Morgan fingerprint density at radius 3 is 2.46 bits per heavy atom. The van der Waals surface area contributed by atoms with E-state index in [4.69, 9.17) is 0 Å². The fourth-order valence-corrected chi connectivity index (χ4v) is 1.58. The van der Waals surface area contributed by atoms with Crippen LogP contribution in [0.3, 0.4) is 0 Å². The summed E-state index contributed by atoms with van der Waals surface area (Å²) in [5, 5.41) is 0.392. The number of carbonyl (C=O) groups is 2. The van der Waals surface area contributed by atoms with E-state index in [0.717, 1.165) is 12.8 Å². The van der Waals surface area contributed by atoms with Crippen molar-refractivity contribution in [2.45, 2.75) is 32.2 Å². The Labute approximate surface area is 86.6 Å². The van der Waals surface area contributed by atoms with Gasteiger partial charge in [0.15, 0.2) is 0 Å². The van der Waals surface area contributed by atoms with Crippen molar-refractivity contribution in [1.29, 1.82) is 0 Å². The highest BCUT2D eigenvalue weighted by atomic mass is 79.9. The molecule has 0 saturated heterocycles. The zero-order valence-electron chi connectivity index (χ0n) is 7.75. The first-order chi connectivity index (χ1) is 6.15. The van der Waals surface area contributed by atoms with Crippen molar-refractivity contribution in [3.05, 3.63) is 0 Å². The van der Waals surface area contributed by atoms with E-state index >= 15 is 0 Å². The molecule has 74 valence electrons. The third kappa shape index (κ3) is 3.46. The van der Waals surface area contributed by atoms with Crippen molar-refractivity contribution in [2.75, 3.05) is 11.9 Å². The van der Waals surface area contributed by atoms with E-state index in [1.165, 1.54) is 0 Å². The summed E-state index contributed by atoms with van der Waals surface area (Å²) in [5.41, 5.74) is 0.